The Balaban J connectivity index is 2.01. The van der Waals surface area contributed by atoms with Crippen molar-refractivity contribution in [1.29, 1.82) is 0 Å². The fourth-order valence-corrected chi connectivity index (χ4v) is 1.94. The molecule has 16 heavy (non-hydrogen) atoms. The Morgan fingerprint density at radius 1 is 1.62 bits per heavy atom. The smallest absolute Gasteiger partial charge is 0.268 e. The van der Waals surface area contributed by atoms with Crippen molar-refractivity contribution in [3.05, 3.63) is 46.6 Å². The Morgan fingerprint density at radius 3 is 3.00 bits per heavy atom. The van der Waals surface area contributed by atoms with Crippen LogP contribution in [0, 0.1) is 0 Å². The summed E-state index contributed by atoms with van der Waals surface area (Å²) in [5.74, 6) is -0.102. The highest BCUT2D eigenvalue weighted by molar-refractivity contribution is 9.10. The second kappa shape index (κ2) is 4.57. The van der Waals surface area contributed by atoms with Gasteiger partial charge in [-0.15, -0.1) is 0 Å². The third kappa shape index (κ3) is 2.36. The molecule has 0 aliphatic rings. The van der Waals surface area contributed by atoms with Crippen LogP contribution >= 0.6 is 15.9 Å². The fourth-order valence-electron chi connectivity index (χ4n) is 1.42. The van der Waals surface area contributed by atoms with Crippen molar-refractivity contribution < 1.29 is 9.21 Å². The molecule has 5 heteroatoms. The fraction of sp³-hybridized carbons (Fsp3) is 0.182. The zero-order valence-electron chi connectivity index (χ0n) is 8.74. The van der Waals surface area contributed by atoms with E-state index in [2.05, 4.69) is 21.2 Å². The monoisotopic (exact) mass is 282 g/mol. The molecule has 1 N–H and O–H groups in total. The molecular formula is C11H11BrN2O2. The third-order valence-electron chi connectivity index (χ3n) is 2.24. The third-order valence-corrected chi connectivity index (χ3v) is 2.67. The first-order chi connectivity index (χ1) is 7.66. The van der Waals surface area contributed by atoms with Crippen LogP contribution < -0.4 is 5.32 Å². The maximum Gasteiger partial charge on any atom is 0.268 e. The van der Waals surface area contributed by atoms with Crippen molar-refractivity contribution in [2.75, 3.05) is 0 Å². The van der Waals surface area contributed by atoms with E-state index in [0.29, 0.717) is 12.2 Å². The van der Waals surface area contributed by atoms with Gasteiger partial charge in [-0.1, -0.05) is 0 Å². The summed E-state index contributed by atoms with van der Waals surface area (Å²) < 4.78 is 7.58. The molecule has 84 valence electrons. The number of nitrogens with zero attached hydrogens (tertiary/aromatic N) is 1. The maximum atomic E-state index is 11.8. The number of carbonyl (C=O) groups excluding carboxylic acids is 1. The minimum Gasteiger partial charge on any atom is -0.472 e. The molecule has 4 nitrogen and oxygen atoms in total. The number of aromatic nitrogens is 1. The number of halogens is 1. The zero-order valence-corrected chi connectivity index (χ0v) is 10.3. The van der Waals surface area contributed by atoms with E-state index in [0.717, 1.165) is 10.0 Å². The average Bonchev–Trinajstić information content (AvgIpc) is 2.84. The summed E-state index contributed by atoms with van der Waals surface area (Å²) in [6.07, 6.45) is 5.04. The Bertz CT molecular complexity index is 488. The largest absolute Gasteiger partial charge is 0.472 e. The van der Waals surface area contributed by atoms with Crippen LogP contribution in [0.25, 0.3) is 0 Å². The molecule has 0 aliphatic heterocycles. The Hall–Kier alpha value is -1.49. The van der Waals surface area contributed by atoms with Crippen LogP contribution in [0.5, 0.6) is 0 Å². The van der Waals surface area contributed by atoms with E-state index in [-0.39, 0.29) is 5.91 Å². The molecule has 0 unspecified atom stereocenters. The molecule has 0 bridgehead atoms. The van der Waals surface area contributed by atoms with Gasteiger partial charge >= 0.3 is 0 Å². The molecular weight excluding hydrogens is 272 g/mol. The number of nitrogens with one attached hydrogen (secondary N) is 1. The van der Waals surface area contributed by atoms with E-state index in [1.807, 2.05) is 19.3 Å². The Kier molecular flexibility index (Phi) is 3.14. The second-order valence-corrected chi connectivity index (χ2v) is 4.38. The summed E-state index contributed by atoms with van der Waals surface area (Å²) in [6, 6.07) is 3.60. The molecule has 0 radical (unpaired) electrons. The molecule has 0 saturated heterocycles. The van der Waals surface area contributed by atoms with Crippen molar-refractivity contribution in [1.82, 2.24) is 9.88 Å². The maximum absolute atomic E-state index is 11.8. The molecule has 0 aromatic carbocycles. The van der Waals surface area contributed by atoms with E-state index in [4.69, 9.17) is 4.42 Å². The van der Waals surface area contributed by atoms with Crippen LogP contribution in [0.4, 0.5) is 0 Å². The van der Waals surface area contributed by atoms with Crippen LogP contribution in [0.15, 0.2) is 39.7 Å². The van der Waals surface area contributed by atoms with Crippen molar-refractivity contribution in [2.45, 2.75) is 6.54 Å². The van der Waals surface area contributed by atoms with E-state index in [1.54, 1.807) is 23.2 Å². The first-order valence-corrected chi connectivity index (χ1v) is 5.57. The first-order valence-electron chi connectivity index (χ1n) is 4.78. The first kappa shape index (κ1) is 11.0. The standard InChI is InChI=1S/C11H11BrN2O2/c1-14-6-9(12)4-10(14)11(15)13-5-8-2-3-16-7-8/h2-4,6-7H,5H2,1H3,(H,13,15). The summed E-state index contributed by atoms with van der Waals surface area (Å²) in [5.41, 5.74) is 1.57. The van der Waals surface area contributed by atoms with E-state index < -0.39 is 0 Å². The number of rotatable bonds is 3. The number of hydrogen-bond donors (Lipinski definition) is 1. The van der Waals surface area contributed by atoms with Crippen LogP contribution in [0.3, 0.4) is 0 Å². The Morgan fingerprint density at radius 2 is 2.44 bits per heavy atom. The normalized spacial score (nSPS) is 10.4. The molecule has 2 aromatic heterocycles. The highest BCUT2D eigenvalue weighted by atomic mass is 79.9. The van der Waals surface area contributed by atoms with Gasteiger partial charge in [0.25, 0.3) is 5.91 Å². The lowest BCUT2D eigenvalue weighted by Gasteiger charge is -2.04. The van der Waals surface area contributed by atoms with Crippen molar-refractivity contribution in [3.8, 4) is 0 Å². The quantitative estimate of drug-likeness (QED) is 0.939. The van der Waals surface area contributed by atoms with E-state index in [1.165, 1.54) is 0 Å². The van der Waals surface area contributed by atoms with Crippen molar-refractivity contribution in [2.24, 2.45) is 7.05 Å². The highest BCUT2D eigenvalue weighted by Gasteiger charge is 2.10. The number of carbonyl (C=O) groups is 1. The molecule has 2 heterocycles. The highest BCUT2D eigenvalue weighted by Crippen LogP contribution is 2.13. The van der Waals surface area contributed by atoms with Gasteiger partial charge in [-0.2, -0.15) is 0 Å². The summed E-state index contributed by atoms with van der Waals surface area (Å²) in [5, 5.41) is 2.81. The molecule has 0 spiro atoms. The van der Waals surface area contributed by atoms with Gasteiger partial charge in [-0.25, -0.2) is 0 Å². The van der Waals surface area contributed by atoms with Crippen molar-refractivity contribution >= 4 is 21.8 Å². The van der Waals surface area contributed by atoms with Gasteiger partial charge in [0, 0.05) is 29.8 Å². The van der Waals surface area contributed by atoms with Gasteiger partial charge in [0.2, 0.25) is 0 Å². The lowest BCUT2D eigenvalue weighted by Crippen LogP contribution is -2.24. The topological polar surface area (TPSA) is 47.2 Å². The number of aryl methyl sites for hydroxylation is 1. The van der Waals surface area contributed by atoms with Crippen LogP contribution in [0.2, 0.25) is 0 Å². The van der Waals surface area contributed by atoms with Gasteiger partial charge in [0.15, 0.2) is 0 Å². The Labute approximate surface area is 101 Å². The van der Waals surface area contributed by atoms with Gasteiger partial charge in [-0.05, 0) is 28.1 Å². The second-order valence-electron chi connectivity index (χ2n) is 3.47. The van der Waals surface area contributed by atoms with Crippen molar-refractivity contribution in [3.63, 3.8) is 0 Å². The minimum atomic E-state index is -0.102. The summed E-state index contributed by atoms with van der Waals surface area (Å²) >= 11 is 3.33. The minimum absolute atomic E-state index is 0.102. The summed E-state index contributed by atoms with van der Waals surface area (Å²) in [6.45, 7) is 0.470. The summed E-state index contributed by atoms with van der Waals surface area (Å²) in [4.78, 5) is 11.8. The van der Waals surface area contributed by atoms with Crippen LogP contribution in [0.1, 0.15) is 16.1 Å². The number of amides is 1. The molecule has 1 amide bonds. The average molecular weight is 283 g/mol. The van der Waals surface area contributed by atoms with E-state index in [9.17, 15) is 4.79 Å². The van der Waals surface area contributed by atoms with Gasteiger partial charge in [0.05, 0.1) is 12.5 Å². The molecule has 2 aromatic rings. The van der Waals surface area contributed by atoms with Gasteiger partial charge in [-0.3, -0.25) is 4.79 Å². The molecule has 0 aliphatic carbocycles. The lowest BCUT2D eigenvalue weighted by molar-refractivity contribution is 0.0943. The predicted octanol–water partition coefficient (Wildman–Crippen LogP) is 2.31. The lowest BCUT2D eigenvalue weighted by atomic mass is 10.3. The predicted molar refractivity (Wildman–Crippen MR) is 63.0 cm³/mol. The zero-order chi connectivity index (χ0) is 11.5. The molecule has 0 saturated carbocycles. The molecule has 0 fully saturated rings. The van der Waals surface area contributed by atoms with E-state index >= 15 is 0 Å². The number of hydrogen-bond acceptors (Lipinski definition) is 2. The number of furan rings is 1. The van der Waals surface area contributed by atoms with Gasteiger partial charge in [0.1, 0.15) is 5.69 Å². The SMILES string of the molecule is Cn1cc(Br)cc1C(=O)NCc1ccoc1. The summed E-state index contributed by atoms with van der Waals surface area (Å²) in [7, 11) is 1.83. The van der Waals surface area contributed by atoms with Crippen LogP contribution in [-0.2, 0) is 13.6 Å². The van der Waals surface area contributed by atoms with Gasteiger partial charge < -0.3 is 14.3 Å². The molecule has 0 atom stereocenters. The van der Waals surface area contributed by atoms with Crippen LogP contribution in [-0.4, -0.2) is 10.5 Å². The molecule has 2 rings (SSSR count).